The molecule has 1 unspecified atom stereocenters. The van der Waals surface area contributed by atoms with E-state index in [-0.39, 0.29) is 5.41 Å². The molecule has 0 saturated carbocycles. The van der Waals surface area contributed by atoms with Crippen LogP contribution in [-0.2, 0) is 18.4 Å². The molecule has 1 atom stereocenters. The van der Waals surface area contributed by atoms with Gasteiger partial charge >= 0.3 is 0 Å². The molecular formula is C22H25N3. The Morgan fingerprint density at radius 2 is 1.80 bits per heavy atom. The molecule has 1 aromatic heterocycles. The summed E-state index contributed by atoms with van der Waals surface area (Å²) in [5.41, 5.74) is 5.39. The highest BCUT2D eigenvalue weighted by molar-refractivity contribution is 5.76. The fourth-order valence-corrected chi connectivity index (χ4v) is 5.10. The third-order valence-corrected chi connectivity index (χ3v) is 6.46. The van der Waals surface area contributed by atoms with Gasteiger partial charge in [0.2, 0.25) is 0 Å². The first kappa shape index (κ1) is 15.2. The van der Waals surface area contributed by atoms with Crippen LogP contribution in [0.2, 0.25) is 0 Å². The summed E-state index contributed by atoms with van der Waals surface area (Å²) < 4.78 is 2.50. The largest absolute Gasteiger partial charge is 0.327 e. The predicted molar refractivity (Wildman–Crippen MR) is 102 cm³/mol. The van der Waals surface area contributed by atoms with Crippen molar-refractivity contribution in [3.63, 3.8) is 0 Å². The molecule has 25 heavy (non-hydrogen) atoms. The summed E-state index contributed by atoms with van der Waals surface area (Å²) in [7, 11) is 0. The van der Waals surface area contributed by atoms with Crippen molar-refractivity contribution < 1.29 is 0 Å². The Hall–Kier alpha value is -2.13. The maximum atomic E-state index is 5.18. The van der Waals surface area contributed by atoms with Crippen LogP contribution in [0.3, 0.4) is 0 Å². The summed E-state index contributed by atoms with van der Waals surface area (Å²) in [4.78, 5) is 5.18. The minimum Gasteiger partial charge on any atom is -0.327 e. The standard InChI is InChI=1S/C22H25N3/c1-22(17-10-13-23-14-11-17)18-7-3-2-6-16(18)12-15-25-20-9-5-4-8-19(20)24-21(22)25/h2-9,17,23H,10-15H2,1H3. The van der Waals surface area contributed by atoms with Crippen LogP contribution in [0.1, 0.15) is 36.7 Å². The molecule has 1 fully saturated rings. The van der Waals surface area contributed by atoms with Gasteiger partial charge in [0, 0.05) is 6.54 Å². The number of nitrogens with one attached hydrogen (secondary N) is 1. The number of rotatable bonds is 1. The van der Waals surface area contributed by atoms with Gasteiger partial charge in [0.1, 0.15) is 5.82 Å². The van der Waals surface area contributed by atoms with Crippen LogP contribution in [0, 0.1) is 5.92 Å². The summed E-state index contributed by atoms with van der Waals surface area (Å²) in [6.07, 6.45) is 3.52. The lowest BCUT2D eigenvalue weighted by molar-refractivity contribution is 0.253. The molecule has 2 aliphatic rings. The minimum absolute atomic E-state index is 0.0196. The van der Waals surface area contributed by atoms with E-state index < -0.39 is 0 Å². The van der Waals surface area contributed by atoms with Gasteiger partial charge in [-0.2, -0.15) is 0 Å². The van der Waals surface area contributed by atoms with E-state index in [4.69, 9.17) is 4.98 Å². The SMILES string of the molecule is CC1(C2CCNCC2)c2ccccc2CCn2c1nc1ccccc12. The van der Waals surface area contributed by atoms with Crippen LogP contribution in [0.5, 0.6) is 0 Å². The second-order valence-electron chi connectivity index (χ2n) is 7.71. The Labute approximate surface area is 149 Å². The Morgan fingerprint density at radius 1 is 1.04 bits per heavy atom. The maximum Gasteiger partial charge on any atom is 0.120 e. The van der Waals surface area contributed by atoms with Crippen molar-refractivity contribution in [2.24, 2.45) is 5.92 Å². The van der Waals surface area contributed by atoms with Crippen LogP contribution in [0.4, 0.5) is 0 Å². The molecule has 2 aromatic carbocycles. The first-order valence-corrected chi connectivity index (χ1v) is 9.53. The van der Waals surface area contributed by atoms with E-state index in [0.717, 1.165) is 31.6 Å². The molecule has 1 saturated heterocycles. The lowest BCUT2D eigenvalue weighted by Crippen LogP contribution is -2.42. The topological polar surface area (TPSA) is 29.9 Å². The van der Waals surface area contributed by atoms with Crippen molar-refractivity contribution in [2.45, 2.75) is 38.1 Å². The van der Waals surface area contributed by atoms with Crippen LogP contribution < -0.4 is 5.32 Å². The molecule has 3 nitrogen and oxygen atoms in total. The third kappa shape index (κ3) is 2.18. The molecule has 128 valence electrons. The number of hydrogen-bond donors (Lipinski definition) is 1. The number of nitrogens with zero attached hydrogens (tertiary/aromatic N) is 2. The van der Waals surface area contributed by atoms with Gasteiger partial charge in [0.25, 0.3) is 0 Å². The zero-order valence-corrected chi connectivity index (χ0v) is 14.8. The first-order valence-electron chi connectivity index (χ1n) is 9.53. The molecule has 0 spiro atoms. The van der Waals surface area contributed by atoms with Crippen molar-refractivity contribution in [2.75, 3.05) is 13.1 Å². The van der Waals surface area contributed by atoms with Crippen molar-refractivity contribution in [3.05, 3.63) is 65.5 Å². The van der Waals surface area contributed by atoms with Crippen molar-refractivity contribution in [1.82, 2.24) is 14.9 Å². The second kappa shape index (κ2) is 5.70. The molecule has 3 heteroatoms. The number of para-hydroxylation sites is 2. The van der Waals surface area contributed by atoms with E-state index in [9.17, 15) is 0 Å². The smallest absolute Gasteiger partial charge is 0.120 e. The lowest BCUT2D eigenvalue weighted by atomic mass is 9.66. The van der Waals surface area contributed by atoms with Crippen LogP contribution in [0.15, 0.2) is 48.5 Å². The van der Waals surface area contributed by atoms with Crippen LogP contribution >= 0.6 is 0 Å². The third-order valence-electron chi connectivity index (χ3n) is 6.46. The van der Waals surface area contributed by atoms with Crippen LogP contribution in [-0.4, -0.2) is 22.6 Å². The number of aromatic nitrogens is 2. The summed E-state index contributed by atoms with van der Waals surface area (Å²) in [6.45, 7) is 5.70. The minimum atomic E-state index is -0.0196. The van der Waals surface area contributed by atoms with Gasteiger partial charge in [-0.3, -0.25) is 0 Å². The molecule has 2 aliphatic heterocycles. The number of imidazole rings is 1. The summed E-state index contributed by atoms with van der Waals surface area (Å²) in [6, 6.07) is 17.7. The summed E-state index contributed by atoms with van der Waals surface area (Å²) in [5.74, 6) is 1.90. The number of fused-ring (bicyclic) bond motifs is 4. The number of hydrogen-bond acceptors (Lipinski definition) is 2. The maximum absolute atomic E-state index is 5.18. The van der Waals surface area contributed by atoms with Gasteiger partial charge in [-0.15, -0.1) is 0 Å². The van der Waals surface area contributed by atoms with Crippen LogP contribution in [0.25, 0.3) is 11.0 Å². The highest BCUT2D eigenvalue weighted by Crippen LogP contribution is 2.46. The highest BCUT2D eigenvalue weighted by atomic mass is 15.1. The van der Waals surface area contributed by atoms with Gasteiger partial charge < -0.3 is 9.88 Å². The Morgan fingerprint density at radius 3 is 2.68 bits per heavy atom. The van der Waals surface area contributed by atoms with Gasteiger partial charge in [0.15, 0.2) is 0 Å². The van der Waals surface area contributed by atoms with Crippen molar-refractivity contribution in [1.29, 1.82) is 0 Å². The molecule has 3 heterocycles. The first-order chi connectivity index (χ1) is 12.3. The molecule has 0 aliphatic carbocycles. The van der Waals surface area contributed by atoms with E-state index in [0.29, 0.717) is 5.92 Å². The highest BCUT2D eigenvalue weighted by Gasteiger charge is 2.44. The quantitative estimate of drug-likeness (QED) is 0.733. The molecule has 0 radical (unpaired) electrons. The van der Waals surface area contributed by atoms with Gasteiger partial charge in [-0.1, -0.05) is 36.4 Å². The molecule has 0 amide bonds. The summed E-state index contributed by atoms with van der Waals surface area (Å²) >= 11 is 0. The van der Waals surface area contributed by atoms with E-state index in [1.165, 1.54) is 35.3 Å². The Balaban J connectivity index is 1.80. The predicted octanol–water partition coefficient (Wildman–Crippen LogP) is 3.90. The van der Waals surface area contributed by atoms with Gasteiger partial charge in [-0.25, -0.2) is 4.98 Å². The Kier molecular flexibility index (Phi) is 3.46. The van der Waals surface area contributed by atoms with Gasteiger partial charge in [0.05, 0.1) is 16.4 Å². The molecule has 5 rings (SSSR count). The van der Waals surface area contributed by atoms with E-state index in [1.54, 1.807) is 0 Å². The molecule has 0 bridgehead atoms. The number of piperidine rings is 1. The fourth-order valence-electron chi connectivity index (χ4n) is 5.10. The van der Waals surface area contributed by atoms with Crippen molar-refractivity contribution >= 4 is 11.0 Å². The number of aryl methyl sites for hydroxylation is 2. The second-order valence-corrected chi connectivity index (χ2v) is 7.71. The molecule has 1 N–H and O–H groups in total. The Bertz CT molecular complexity index is 920. The zero-order valence-electron chi connectivity index (χ0n) is 14.8. The normalized spacial score (nSPS) is 23.9. The lowest BCUT2D eigenvalue weighted by Gasteiger charge is -2.40. The monoisotopic (exact) mass is 331 g/mol. The number of benzene rings is 2. The fraction of sp³-hybridized carbons (Fsp3) is 0.409. The van der Waals surface area contributed by atoms with Crippen molar-refractivity contribution in [3.8, 4) is 0 Å². The van der Waals surface area contributed by atoms with E-state index in [1.807, 2.05) is 0 Å². The average Bonchev–Trinajstić information content (AvgIpc) is 3.00. The molecule has 3 aromatic rings. The van der Waals surface area contributed by atoms with E-state index >= 15 is 0 Å². The van der Waals surface area contributed by atoms with Gasteiger partial charge in [-0.05, 0) is 68.5 Å². The molecular weight excluding hydrogens is 306 g/mol. The zero-order chi connectivity index (χ0) is 16.9. The average molecular weight is 331 g/mol. The summed E-state index contributed by atoms with van der Waals surface area (Å²) in [5, 5.41) is 3.53. The van der Waals surface area contributed by atoms with E-state index in [2.05, 4.69) is 65.3 Å².